The van der Waals surface area contributed by atoms with Gasteiger partial charge in [0.1, 0.15) is 0 Å². The monoisotopic (exact) mass is 210 g/mol. The zero-order valence-electron chi connectivity index (χ0n) is 7.26. The summed E-state index contributed by atoms with van der Waals surface area (Å²) in [4.78, 5) is 0. The number of hydrogen-bond acceptors (Lipinski definition) is 3. The molecule has 0 aliphatic rings. The third-order valence-corrected chi connectivity index (χ3v) is 1.27. The molecule has 0 aromatic rings. The molecular formula is C4H7BF3LiO3S. The van der Waals surface area contributed by atoms with Gasteiger partial charge in [-0.3, -0.25) is 12.9 Å². The fourth-order valence-electron chi connectivity index (χ4n) is 0.302. The molecule has 0 saturated heterocycles. The first-order valence-electron chi connectivity index (χ1n) is 2.65. The summed E-state index contributed by atoms with van der Waals surface area (Å²) in [5.74, 6) is -0.451. The first-order chi connectivity index (χ1) is 5.15. The molecule has 0 N–H and O–H groups in total. The molecule has 0 radical (unpaired) electrons. The van der Waals surface area contributed by atoms with E-state index in [0.717, 1.165) is 0 Å². The molecule has 0 bridgehead atoms. The summed E-state index contributed by atoms with van der Waals surface area (Å²) in [6, 6.07) is 0. The average Bonchev–Trinajstić information content (AvgIpc) is 1.52. The molecule has 13 heavy (non-hydrogen) atoms. The molecule has 0 aliphatic heterocycles. The second kappa shape index (κ2) is 8.69. The normalized spacial score (nSPS) is 9.00. The Labute approximate surface area is 87.5 Å². The Hall–Kier alpha value is 0.102. The van der Waals surface area contributed by atoms with Gasteiger partial charge < -0.3 is 4.55 Å². The minimum atomic E-state index is -4.07. The van der Waals surface area contributed by atoms with Crippen LogP contribution in [0.4, 0.5) is 12.9 Å². The Morgan fingerprint density at radius 2 is 1.69 bits per heavy atom. The minimum Gasteiger partial charge on any atom is -0.748 e. The summed E-state index contributed by atoms with van der Waals surface area (Å²) in [5, 5.41) is 0. The molecule has 0 heterocycles. The summed E-state index contributed by atoms with van der Waals surface area (Å²) in [6.45, 7) is 4.76. The van der Waals surface area contributed by atoms with Crippen LogP contribution in [0.25, 0.3) is 0 Å². The van der Waals surface area contributed by atoms with Gasteiger partial charge in [0.2, 0.25) is 0 Å². The van der Waals surface area contributed by atoms with Crippen LogP contribution < -0.4 is 18.9 Å². The van der Waals surface area contributed by atoms with Crippen LogP contribution in [-0.4, -0.2) is 26.3 Å². The van der Waals surface area contributed by atoms with Gasteiger partial charge in [0.15, 0.2) is 0 Å². The van der Waals surface area contributed by atoms with Crippen molar-refractivity contribution in [1.29, 1.82) is 0 Å². The molecule has 72 valence electrons. The van der Waals surface area contributed by atoms with E-state index in [1.165, 1.54) is 6.92 Å². The zero-order valence-corrected chi connectivity index (χ0v) is 8.07. The van der Waals surface area contributed by atoms with Crippen molar-refractivity contribution in [2.45, 2.75) is 6.92 Å². The van der Waals surface area contributed by atoms with Gasteiger partial charge in [-0.15, -0.1) is 0 Å². The maximum absolute atomic E-state index is 9.83. The fourth-order valence-corrected chi connectivity index (χ4v) is 0.905. The van der Waals surface area contributed by atoms with Gasteiger partial charge in [0.25, 0.3) is 0 Å². The molecule has 3 nitrogen and oxygen atoms in total. The molecule has 0 spiro atoms. The van der Waals surface area contributed by atoms with Gasteiger partial charge in [-0.05, 0) is 6.92 Å². The van der Waals surface area contributed by atoms with Crippen LogP contribution in [0.3, 0.4) is 0 Å². The van der Waals surface area contributed by atoms with Crippen molar-refractivity contribution >= 4 is 17.7 Å². The predicted octanol–water partition coefficient (Wildman–Crippen LogP) is -2.01. The largest absolute Gasteiger partial charge is 1.00 e. The second-order valence-corrected chi connectivity index (χ2v) is 3.31. The van der Waals surface area contributed by atoms with E-state index in [-0.39, 0.29) is 18.9 Å². The summed E-state index contributed by atoms with van der Waals surface area (Å²) >= 11 is 0. The summed E-state index contributed by atoms with van der Waals surface area (Å²) in [7, 11) is -7.74. The van der Waals surface area contributed by atoms with Gasteiger partial charge in [-0.2, -0.15) is 0 Å². The van der Waals surface area contributed by atoms with Crippen molar-refractivity contribution in [3.63, 3.8) is 0 Å². The first-order valence-corrected chi connectivity index (χ1v) is 4.23. The van der Waals surface area contributed by atoms with Crippen molar-refractivity contribution in [2.75, 3.05) is 5.75 Å². The van der Waals surface area contributed by atoms with E-state index >= 15 is 0 Å². The minimum absolute atomic E-state index is 0. The van der Waals surface area contributed by atoms with E-state index in [0.29, 0.717) is 5.57 Å². The smallest absolute Gasteiger partial charge is 0.748 e. The van der Waals surface area contributed by atoms with Gasteiger partial charge in [-0.25, -0.2) is 8.42 Å². The number of halogens is 3. The quantitative estimate of drug-likeness (QED) is 0.300. The Kier molecular flexibility index (Phi) is 12.6. The van der Waals surface area contributed by atoms with Crippen molar-refractivity contribution in [1.82, 2.24) is 0 Å². The first kappa shape index (κ1) is 18.8. The van der Waals surface area contributed by atoms with Crippen molar-refractivity contribution in [2.24, 2.45) is 0 Å². The van der Waals surface area contributed by atoms with Crippen LogP contribution >= 0.6 is 0 Å². The summed E-state index contributed by atoms with van der Waals surface area (Å²) in [5.41, 5.74) is 0.375. The third kappa shape index (κ3) is 47.4. The van der Waals surface area contributed by atoms with Gasteiger partial charge in [0.05, 0.1) is 15.9 Å². The van der Waals surface area contributed by atoms with Crippen LogP contribution in [0.1, 0.15) is 6.92 Å². The Bertz CT molecular complexity index is 228. The molecule has 0 aromatic carbocycles. The van der Waals surface area contributed by atoms with E-state index in [1.54, 1.807) is 0 Å². The molecule has 0 fully saturated rings. The van der Waals surface area contributed by atoms with Crippen LogP contribution in [0.2, 0.25) is 0 Å². The number of hydrogen-bond donors (Lipinski definition) is 0. The predicted molar refractivity (Wildman–Crippen MR) is 38.5 cm³/mol. The van der Waals surface area contributed by atoms with Crippen LogP contribution in [-0.2, 0) is 10.1 Å². The molecule has 0 saturated carbocycles. The van der Waals surface area contributed by atoms with Gasteiger partial charge >= 0.3 is 26.4 Å². The zero-order chi connectivity index (χ0) is 10.4. The topological polar surface area (TPSA) is 57.2 Å². The molecule has 0 atom stereocenters. The second-order valence-electron chi connectivity index (χ2n) is 1.91. The Morgan fingerprint density at radius 1 is 1.46 bits per heavy atom. The van der Waals surface area contributed by atoms with E-state index < -0.39 is 23.4 Å². The molecule has 0 rings (SSSR count). The maximum Gasteiger partial charge on any atom is 1.00 e. The summed E-state index contributed by atoms with van der Waals surface area (Å²) in [6.07, 6.45) is 0. The van der Waals surface area contributed by atoms with Crippen LogP contribution in [0, 0.1) is 0 Å². The molecule has 0 aliphatic carbocycles. The molecule has 0 unspecified atom stereocenters. The SMILES string of the molecule is C=C(C)CS(=O)(=O)[O-].FB(F)F.[Li+]. The van der Waals surface area contributed by atoms with E-state index in [4.69, 9.17) is 0 Å². The van der Waals surface area contributed by atoms with Crippen molar-refractivity contribution < 1.29 is 44.8 Å². The van der Waals surface area contributed by atoms with Gasteiger partial charge in [-0.1, -0.05) is 12.2 Å². The number of rotatable bonds is 2. The average molecular weight is 210 g/mol. The maximum atomic E-state index is 9.83. The molecule has 0 amide bonds. The molecule has 0 aromatic heterocycles. The standard InChI is InChI=1S/C4H8O3S.BF3.Li/c1-4(2)3-8(5,6)7;2-1(3)4;/h1,3H2,2H3,(H,5,6,7);;/q;;+1/p-1. The Morgan fingerprint density at radius 3 is 1.69 bits per heavy atom. The van der Waals surface area contributed by atoms with Crippen LogP contribution in [0.5, 0.6) is 0 Å². The van der Waals surface area contributed by atoms with Crippen LogP contribution in [0.15, 0.2) is 12.2 Å². The third-order valence-electron chi connectivity index (χ3n) is 0.423. The van der Waals surface area contributed by atoms with E-state index in [9.17, 15) is 25.9 Å². The molecular weight excluding hydrogens is 203 g/mol. The molecule has 9 heteroatoms. The van der Waals surface area contributed by atoms with Crippen molar-refractivity contribution in [3.8, 4) is 0 Å². The Balaban J connectivity index is -0.000000173. The van der Waals surface area contributed by atoms with E-state index in [1.807, 2.05) is 0 Å². The fraction of sp³-hybridized carbons (Fsp3) is 0.500. The van der Waals surface area contributed by atoms with Crippen molar-refractivity contribution in [3.05, 3.63) is 12.2 Å². The van der Waals surface area contributed by atoms with E-state index in [2.05, 4.69) is 6.58 Å². The summed E-state index contributed by atoms with van der Waals surface area (Å²) < 4.78 is 58.5. The van der Waals surface area contributed by atoms with Gasteiger partial charge in [0, 0.05) is 0 Å².